The van der Waals surface area contributed by atoms with E-state index in [2.05, 4.69) is 26.6 Å². The molecule has 15 nitrogen and oxygen atoms in total. The van der Waals surface area contributed by atoms with Crippen LogP contribution in [-0.4, -0.2) is 131 Å². The van der Waals surface area contributed by atoms with E-state index in [0.717, 1.165) is 13.0 Å². The number of carbonyl (C=O) groups is 7. The molecule has 0 aliphatic carbocycles. The highest BCUT2D eigenvalue weighted by molar-refractivity contribution is 7.98. The SMILES string of the molecule is CSCC[C@H](NC(=O)[C@@H]1CCCN1C(=O)CNC(=O)[C@@H]1CCCN1C(=O)[C@H](CC(C)C)NC(=O)CNC(=O)[C@@H]1CCCN1)C(=O)O. The summed E-state index contributed by atoms with van der Waals surface area (Å²) < 4.78 is 0. The Bertz CT molecular complexity index is 1130. The summed E-state index contributed by atoms with van der Waals surface area (Å²) in [5.74, 6) is -3.21. The van der Waals surface area contributed by atoms with E-state index in [4.69, 9.17) is 0 Å². The van der Waals surface area contributed by atoms with Crippen molar-refractivity contribution in [3.8, 4) is 0 Å². The minimum atomic E-state index is -1.14. The minimum absolute atomic E-state index is 0.0564. The fourth-order valence-electron chi connectivity index (χ4n) is 6.12. The van der Waals surface area contributed by atoms with E-state index >= 15 is 0 Å². The van der Waals surface area contributed by atoms with Crippen molar-refractivity contribution in [1.82, 2.24) is 36.4 Å². The number of hydrogen-bond donors (Lipinski definition) is 6. The van der Waals surface area contributed by atoms with Gasteiger partial charge in [-0.05, 0) is 75.8 Å². The number of nitrogens with zero attached hydrogens (tertiary/aromatic N) is 2. The largest absolute Gasteiger partial charge is 0.480 e. The number of carboxylic acids is 1. The number of aliphatic carboxylic acids is 1. The maximum absolute atomic E-state index is 13.6. The number of carbonyl (C=O) groups excluding carboxylic acids is 6. The normalized spacial score (nSPS) is 22.3. The number of hydrogen-bond acceptors (Lipinski definition) is 9. The smallest absolute Gasteiger partial charge is 0.326 e. The first kappa shape index (κ1) is 37.1. The molecule has 0 saturated carbocycles. The van der Waals surface area contributed by atoms with Crippen LogP contribution in [0.5, 0.6) is 0 Å². The molecule has 6 N–H and O–H groups in total. The quantitative estimate of drug-likeness (QED) is 0.116. The van der Waals surface area contributed by atoms with E-state index < -0.39 is 59.7 Å². The number of amides is 6. The molecule has 258 valence electrons. The van der Waals surface area contributed by atoms with E-state index in [1.807, 2.05) is 20.1 Å². The molecule has 3 aliphatic heterocycles. The predicted octanol–water partition coefficient (Wildman–Crippen LogP) is -1.19. The average molecular weight is 668 g/mol. The Morgan fingerprint density at radius 1 is 0.826 bits per heavy atom. The molecule has 0 bridgehead atoms. The van der Waals surface area contributed by atoms with Gasteiger partial charge in [0.2, 0.25) is 35.4 Å². The highest BCUT2D eigenvalue weighted by atomic mass is 32.2. The van der Waals surface area contributed by atoms with Crippen LogP contribution in [0, 0.1) is 5.92 Å². The van der Waals surface area contributed by atoms with Crippen LogP contribution in [0.25, 0.3) is 0 Å². The van der Waals surface area contributed by atoms with Gasteiger partial charge >= 0.3 is 5.97 Å². The molecule has 0 aromatic carbocycles. The van der Waals surface area contributed by atoms with Crippen LogP contribution >= 0.6 is 11.8 Å². The maximum Gasteiger partial charge on any atom is 0.326 e. The summed E-state index contributed by atoms with van der Waals surface area (Å²) in [4.78, 5) is 92.2. The number of nitrogens with one attached hydrogen (secondary N) is 5. The lowest BCUT2D eigenvalue weighted by Gasteiger charge is -2.30. The standard InChI is InChI=1S/C30H49N7O8S/c1-18(2)15-21(34-24(38)16-32-26(40)19-7-4-11-31-19)29(43)37-13-6-8-22(37)27(41)33-17-25(39)36-12-5-9-23(36)28(42)35-20(30(44)45)10-14-46-3/h18-23,31H,4-17H2,1-3H3,(H,32,40)(H,33,41)(H,34,38)(H,35,42)(H,44,45)/t19-,20-,21-,22-,23-/m0/s1. The molecule has 5 atom stereocenters. The van der Waals surface area contributed by atoms with E-state index in [1.165, 1.54) is 21.6 Å². The molecule has 3 rings (SSSR count). The minimum Gasteiger partial charge on any atom is -0.480 e. The highest BCUT2D eigenvalue weighted by Crippen LogP contribution is 2.21. The van der Waals surface area contributed by atoms with E-state index in [-0.39, 0.29) is 37.4 Å². The van der Waals surface area contributed by atoms with Gasteiger partial charge in [0.1, 0.15) is 24.2 Å². The van der Waals surface area contributed by atoms with Crippen LogP contribution in [-0.2, 0) is 33.6 Å². The monoisotopic (exact) mass is 667 g/mol. The molecule has 3 fully saturated rings. The number of carboxylic acid groups (broad SMARTS) is 1. The molecule has 16 heteroatoms. The topological polar surface area (TPSA) is 206 Å². The molecule has 0 spiro atoms. The molecule has 3 aliphatic rings. The van der Waals surface area contributed by atoms with Crippen LogP contribution in [0.2, 0.25) is 0 Å². The third kappa shape index (κ3) is 10.6. The van der Waals surface area contributed by atoms with E-state index in [1.54, 1.807) is 0 Å². The molecular formula is C30H49N7O8S. The van der Waals surface area contributed by atoms with Crippen molar-refractivity contribution >= 4 is 53.2 Å². The first-order chi connectivity index (χ1) is 21.9. The molecule has 46 heavy (non-hydrogen) atoms. The lowest BCUT2D eigenvalue weighted by Crippen LogP contribution is -2.56. The van der Waals surface area contributed by atoms with E-state index in [0.29, 0.717) is 57.4 Å². The van der Waals surface area contributed by atoms with Crippen LogP contribution in [0.3, 0.4) is 0 Å². The molecule has 3 saturated heterocycles. The van der Waals surface area contributed by atoms with Gasteiger partial charge in [-0.3, -0.25) is 28.8 Å². The summed E-state index contributed by atoms with van der Waals surface area (Å²) in [6, 6.07) is -3.93. The number of likely N-dealkylation sites (tertiary alicyclic amines) is 2. The Balaban J connectivity index is 1.54. The fourth-order valence-corrected chi connectivity index (χ4v) is 6.59. The van der Waals surface area contributed by atoms with Gasteiger partial charge in [0.15, 0.2) is 0 Å². The lowest BCUT2D eigenvalue weighted by atomic mass is 10.0. The van der Waals surface area contributed by atoms with Gasteiger partial charge in [-0.1, -0.05) is 13.8 Å². The lowest BCUT2D eigenvalue weighted by molar-refractivity contribution is -0.144. The molecule has 0 aromatic heterocycles. The van der Waals surface area contributed by atoms with Crippen molar-refractivity contribution in [3.63, 3.8) is 0 Å². The molecule has 0 radical (unpaired) electrons. The maximum atomic E-state index is 13.6. The summed E-state index contributed by atoms with van der Waals surface area (Å²) in [6.07, 6.45) is 5.93. The molecule has 0 aromatic rings. The van der Waals surface area contributed by atoms with Gasteiger partial charge in [0, 0.05) is 13.1 Å². The zero-order valence-corrected chi connectivity index (χ0v) is 27.8. The van der Waals surface area contributed by atoms with Crippen molar-refractivity contribution in [2.24, 2.45) is 5.92 Å². The third-order valence-corrected chi connectivity index (χ3v) is 9.14. The van der Waals surface area contributed by atoms with Gasteiger partial charge in [0.05, 0.1) is 19.1 Å². The zero-order valence-electron chi connectivity index (χ0n) is 27.0. The molecule has 3 heterocycles. The second-order valence-corrected chi connectivity index (χ2v) is 13.4. The van der Waals surface area contributed by atoms with Gasteiger partial charge in [-0.25, -0.2) is 4.79 Å². The van der Waals surface area contributed by atoms with Crippen molar-refractivity contribution in [2.45, 2.75) is 95.4 Å². The van der Waals surface area contributed by atoms with Gasteiger partial charge in [0.25, 0.3) is 0 Å². The summed E-state index contributed by atoms with van der Waals surface area (Å²) in [5, 5.41) is 23.0. The van der Waals surface area contributed by atoms with Crippen molar-refractivity contribution in [3.05, 3.63) is 0 Å². The third-order valence-electron chi connectivity index (χ3n) is 8.49. The zero-order chi connectivity index (χ0) is 33.8. The summed E-state index contributed by atoms with van der Waals surface area (Å²) in [7, 11) is 0. The Morgan fingerprint density at radius 2 is 1.48 bits per heavy atom. The van der Waals surface area contributed by atoms with Gasteiger partial charge in [-0.2, -0.15) is 11.8 Å². The predicted molar refractivity (Wildman–Crippen MR) is 170 cm³/mol. The fraction of sp³-hybridized carbons (Fsp3) is 0.767. The Kier molecular flexibility index (Phi) is 14.6. The Hall–Kier alpha value is -3.40. The average Bonchev–Trinajstić information content (AvgIpc) is 3.81. The van der Waals surface area contributed by atoms with Crippen molar-refractivity contribution in [2.75, 3.05) is 44.7 Å². The highest BCUT2D eigenvalue weighted by Gasteiger charge is 2.39. The first-order valence-corrected chi connectivity index (χ1v) is 17.5. The van der Waals surface area contributed by atoms with Crippen molar-refractivity contribution in [1.29, 1.82) is 0 Å². The Morgan fingerprint density at radius 3 is 2.09 bits per heavy atom. The molecule has 0 unspecified atom stereocenters. The first-order valence-electron chi connectivity index (χ1n) is 16.1. The second-order valence-electron chi connectivity index (χ2n) is 12.4. The van der Waals surface area contributed by atoms with Crippen LogP contribution < -0.4 is 26.6 Å². The second kappa shape index (κ2) is 18.1. The Labute approximate surface area is 274 Å². The van der Waals surface area contributed by atoms with Crippen LogP contribution in [0.1, 0.15) is 65.2 Å². The van der Waals surface area contributed by atoms with E-state index in [9.17, 15) is 38.7 Å². The summed E-state index contributed by atoms with van der Waals surface area (Å²) >= 11 is 1.47. The van der Waals surface area contributed by atoms with Crippen molar-refractivity contribution < 1.29 is 38.7 Å². The number of rotatable bonds is 16. The number of thioether (sulfide) groups is 1. The summed E-state index contributed by atoms with van der Waals surface area (Å²) in [6.45, 7) is 4.55. The van der Waals surface area contributed by atoms with Gasteiger partial charge < -0.3 is 41.5 Å². The molecule has 6 amide bonds. The van der Waals surface area contributed by atoms with Gasteiger partial charge in [-0.15, -0.1) is 0 Å². The van der Waals surface area contributed by atoms with Crippen LogP contribution in [0.4, 0.5) is 0 Å². The molecular weight excluding hydrogens is 618 g/mol. The van der Waals surface area contributed by atoms with Crippen LogP contribution in [0.15, 0.2) is 0 Å². The summed E-state index contributed by atoms with van der Waals surface area (Å²) in [5.41, 5.74) is 0.